The van der Waals surface area contributed by atoms with Gasteiger partial charge in [-0.25, -0.2) is 0 Å². The van der Waals surface area contributed by atoms with E-state index in [-0.39, 0.29) is 5.41 Å². The average Bonchev–Trinajstić information content (AvgIpc) is 2.91. The number of methoxy groups -OCH3 is 1. The molecular weight excluding hydrogens is 352 g/mol. The summed E-state index contributed by atoms with van der Waals surface area (Å²) in [5, 5.41) is 11.5. The Hall–Kier alpha value is -1.14. The van der Waals surface area contributed by atoms with E-state index >= 15 is 0 Å². The number of hydrogen-bond acceptors (Lipinski definition) is 5. The molecule has 0 spiro atoms. The lowest BCUT2D eigenvalue weighted by molar-refractivity contribution is -0.0689. The van der Waals surface area contributed by atoms with Crippen LogP contribution in [0.3, 0.4) is 0 Å². The van der Waals surface area contributed by atoms with Crippen molar-refractivity contribution in [3.63, 3.8) is 0 Å². The molecule has 0 aliphatic carbocycles. The van der Waals surface area contributed by atoms with Gasteiger partial charge in [-0.1, -0.05) is 26.0 Å². The summed E-state index contributed by atoms with van der Waals surface area (Å²) in [6, 6.07) is 8.97. The van der Waals surface area contributed by atoms with E-state index in [1.54, 1.807) is 7.11 Å². The molecule has 1 unspecified atom stereocenters. The predicted octanol–water partition coefficient (Wildman–Crippen LogP) is 2.87. The van der Waals surface area contributed by atoms with Crippen LogP contribution in [0.15, 0.2) is 24.3 Å². The number of nitrogens with zero attached hydrogens (tertiary/aromatic N) is 2. The lowest BCUT2D eigenvalue weighted by Gasteiger charge is -2.47. The summed E-state index contributed by atoms with van der Waals surface area (Å²) in [7, 11) is 1.68. The fourth-order valence-corrected chi connectivity index (χ4v) is 5.62. The molecule has 3 heterocycles. The molecule has 1 N–H and O–H groups in total. The number of fused-ring (bicyclic) bond motifs is 2. The second-order valence-electron chi connectivity index (χ2n) is 9.78. The second-order valence-corrected chi connectivity index (χ2v) is 9.78. The van der Waals surface area contributed by atoms with Gasteiger partial charge in [0.15, 0.2) is 0 Å². The molecule has 156 valence electrons. The Morgan fingerprint density at radius 1 is 1.07 bits per heavy atom. The molecule has 2 bridgehead atoms. The summed E-state index contributed by atoms with van der Waals surface area (Å²) in [6.07, 6.45) is 4.08. The Bertz CT molecular complexity index is 640. The molecule has 3 saturated heterocycles. The molecule has 5 nitrogen and oxygen atoms in total. The standard InChI is InChI=1S/C23H36N2O3/c1-22(2,16-24-10-12-28-13-11-24)17-25-19-6-7-20(25)15-23(26,14-19)18-4-8-21(27-3)9-5-18/h4-5,8-9,19-20,26H,6-7,10-17H2,1-3H3/t19-,20+,23?. The normalized spacial score (nSPS) is 31.9. The number of morpholine rings is 1. The van der Waals surface area contributed by atoms with Gasteiger partial charge in [0, 0.05) is 38.3 Å². The Kier molecular flexibility index (Phi) is 5.71. The Labute approximate surface area is 169 Å². The van der Waals surface area contributed by atoms with Crippen LogP contribution in [-0.4, -0.2) is 73.5 Å². The molecule has 5 heteroatoms. The van der Waals surface area contributed by atoms with Crippen LogP contribution in [0.5, 0.6) is 5.75 Å². The van der Waals surface area contributed by atoms with Crippen LogP contribution in [-0.2, 0) is 10.3 Å². The summed E-state index contributed by atoms with van der Waals surface area (Å²) in [6.45, 7) is 10.8. The quantitative estimate of drug-likeness (QED) is 0.812. The zero-order chi connectivity index (χ0) is 19.8. The summed E-state index contributed by atoms with van der Waals surface area (Å²) in [5.41, 5.74) is 0.578. The molecule has 1 aromatic rings. The van der Waals surface area contributed by atoms with Gasteiger partial charge in [0.25, 0.3) is 0 Å². The van der Waals surface area contributed by atoms with Gasteiger partial charge in [0.05, 0.1) is 25.9 Å². The summed E-state index contributed by atoms with van der Waals surface area (Å²) >= 11 is 0. The molecule has 0 amide bonds. The number of benzene rings is 1. The monoisotopic (exact) mass is 388 g/mol. The van der Waals surface area contributed by atoms with Crippen molar-refractivity contribution >= 4 is 0 Å². The molecule has 4 rings (SSSR count). The van der Waals surface area contributed by atoms with Crippen LogP contribution in [0.4, 0.5) is 0 Å². The molecule has 0 saturated carbocycles. The molecule has 3 atom stereocenters. The lowest BCUT2D eigenvalue weighted by Crippen LogP contribution is -2.54. The number of rotatable bonds is 6. The van der Waals surface area contributed by atoms with Gasteiger partial charge in [-0.3, -0.25) is 9.80 Å². The number of aliphatic hydroxyl groups is 1. The molecule has 1 aromatic carbocycles. The third-order valence-corrected chi connectivity index (χ3v) is 6.91. The van der Waals surface area contributed by atoms with E-state index in [0.29, 0.717) is 12.1 Å². The molecular formula is C23H36N2O3. The minimum Gasteiger partial charge on any atom is -0.497 e. The van der Waals surface area contributed by atoms with Gasteiger partial charge < -0.3 is 14.6 Å². The van der Waals surface area contributed by atoms with Crippen molar-refractivity contribution in [3.05, 3.63) is 29.8 Å². The highest BCUT2D eigenvalue weighted by molar-refractivity contribution is 5.32. The summed E-state index contributed by atoms with van der Waals surface area (Å²) in [5.74, 6) is 0.845. The van der Waals surface area contributed by atoms with Gasteiger partial charge in [-0.05, 0) is 48.8 Å². The molecule has 0 radical (unpaired) electrons. The molecule has 3 aliphatic rings. The van der Waals surface area contributed by atoms with Crippen molar-refractivity contribution in [2.75, 3.05) is 46.5 Å². The van der Waals surface area contributed by atoms with E-state index in [4.69, 9.17) is 9.47 Å². The minimum absolute atomic E-state index is 0.244. The van der Waals surface area contributed by atoms with Crippen LogP contribution < -0.4 is 4.74 Å². The van der Waals surface area contributed by atoms with Crippen LogP contribution in [0.25, 0.3) is 0 Å². The predicted molar refractivity (Wildman–Crippen MR) is 111 cm³/mol. The maximum Gasteiger partial charge on any atom is 0.118 e. The number of hydrogen-bond donors (Lipinski definition) is 1. The van der Waals surface area contributed by atoms with E-state index in [1.165, 1.54) is 12.8 Å². The minimum atomic E-state index is -0.705. The van der Waals surface area contributed by atoms with E-state index in [2.05, 4.69) is 23.6 Å². The maximum atomic E-state index is 11.5. The van der Waals surface area contributed by atoms with Crippen molar-refractivity contribution in [2.45, 2.75) is 57.2 Å². The van der Waals surface area contributed by atoms with Crippen molar-refractivity contribution in [2.24, 2.45) is 5.41 Å². The Balaban J connectivity index is 1.41. The Morgan fingerprint density at radius 3 is 2.25 bits per heavy atom. The number of ether oxygens (including phenoxy) is 2. The highest BCUT2D eigenvalue weighted by atomic mass is 16.5. The largest absolute Gasteiger partial charge is 0.497 e. The van der Waals surface area contributed by atoms with Gasteiger partial charge in [0.1, 0.15) is 5.75 Å². The third-order valence-electron chi connectivity index (χ3n) is 6.91. The van der Waals surface area contributed by atoms with Gasteiger partial charge in [-0.2, -0.15) is 0 Å². The van der Waals surface area contributed by atoms with E-state index in [1.807, 2.05) is 24.3 Å². The van der Waals surface area contributed by atoms with Crippen LogP contribution in [0, 0.1) is 5.41 Å². The highest BCUT2D eigenvalue weighted by Gasteiger charge is 2.49. The van der Waals surface area contributed by atoms with Crippen LogP contribution in [0.1, 0.15) is 45.1 Å². The molecule has 3 aliphatic heterocycles. The fraction of sp³-hybridized carbons (Fsp3) is 0.739. The smallest absolute Gasteiger partial charge is 0.118 e. The van der Waals surface area contributed by atoms with Crippen molar-refractivity contribution in [3.8, 4) is 5.75 Å². The van der Waals surface area contributed by atoms with Crippen molar-refractivity contribution in [1.82, 2.24) is 9.80 Å². The lowest BCUT2D eigenvalue weighted by atomic mass is 9.79. The van der Waals surface area contributed by atoms with Crippen molar-refractivity contribution < 1.29 is 14.6 Å². The average molecular weight is 389 g/mol. The zero-order valence-electron chi connectivity index (χ0n) is 17.7. The first-order valence-electron chi connectivity index (χ1n) is 10.8. The topological polar surface area (TPSA) is 45.2 Å². The fourth-order valence-electron chi connectivity index (χ4n) is 5.62. The SMILES string of the molecule is COc1ccc(C2(O)C[C@H]3CC[C@@H](C2)N3CC(C)(C)CN2CCOCC2)cc1. The highest BCUT2D eigenvalue weighted by Crippen LogP contribution is 2.46. The molecule has 28 heavy (non-hydrogen) atoms. The van der Waals surface area contributed by atoms with Crippen molar-refractivity contribution in [1.29, 1.82) is 0 Å². The first-order valence-corrected chi connectivity index (χ1v) is 10.8. The van der Waals surface area contributed by atoms with Crippen LogP contribution in [0.2, 0.25) is 0 Å². The number of piperidine rings is 1. The van der Waals surface area contributed by atoms with Gasteiger partial charge in [-0.15, -0.1) is 0 Å². The first-order chi connectivity index (χ1) is 13.4. The third kappa shape index (κ3) is 4.23. The first kappa shape index (κ1) is 20.1. The second kappa shape index (κ2) is 7.94. The van der Waals surface area contributed by atoms with E-state index in [0.717, 1.165) is 63.5 Å². The van der Waals surface area contributed by atoms with E-state index in [9.17, 15) is 5.11 Å². The van der Waals surface area contributed by atoms with Crippen LogP contribution >= 0.6 is 0 Å². The summed E-state index contributed by atoms with van der Waals surface area (Å²) in [4.78, 5) is 5.25. The van der Waals surface area contributed by atoms with Gasteiger partial charge >= 0.3 is 0 Å². The maximum absolute atomic E-state index is 11.5. The molecule has 3 fully saturated rings. The zero-order valence-corrected chi connectivity index (χ0v) is 17.7. The molecule has 0 aromatic heterocycles. The Morgan fingerprint density at radius 2 is 1.68 bits per heavy atom. The van der Waals surface area contributed by atoms with E-state index < -0.39 is 5.60 Å². The summed E-state index contributed by atoms with van der Waals surface area (Å²) < 4.78 is 10.8. The van der Waals surface area contributed by atoms with Gasteiger partial charge in [0.2, 0.25) is 0 Å².